The summed E-state index contributed by atoms with van der Waals surface area (Å²) in [6.07, 6.45) is 4.29. The lowest BCUT2D eigenvalue weighted by molar-refractivity contribution is 0.0954. The first-order valence-corrected chi connectivity index (χ1v) is 11.2. The number of H-pyrrole nitrogens is 1. The molecule has 2 N–H and O–H groups in total. The van der Waals surface area contributed by atoms with Crippen LogP contribution in [-0.2, 0) is 12.2 Å². The lowest BCUT2D eigenvalue weighted by Gasteiger charge is -2.07. The fourth-order valence-corrected chi connectivity index (χ4v) is 3.99. The number of amides is 1. The van der Waals surface area contributed by atoms with E-state index in [1.54, 1.807) is 24.2 Å². The number of rotatable bonds is 9. The molecule has 0 aliphatic heterocycles. The molecule has 2 aromatic heterocycles. The minimum atomic E-state index is -0.0603. The van der Waals surface area contributed by atoms with Gasteiger partial charge in [0.1, 0.15) is 5.75 Å². The number of fused-ring (bicyclic) bond motifs is 1. The fourth-order valence-electron chi connectivity index (χ4n) is 3.15. The van der Waals surface area contributed by atoms with Gasteiger partial charge in [-0.2, -0.15) is 0 Å². The number of benzene rings is 2. The Morgan fingerprint density at radius 3 is 2.58 bits per heavy atom. The van der Waals surface area contributed by atoms with Crippen LogP contribution in [0, 0.1) is 0 Å². The fraction of sp³-hybridized carbons (Fsp3) is 0.208. The van der Waals surface area contributed by atoms with E-state index >= 15 is 0 Å². The van der Waals surface area contributed by atoms with Gasteiger partial charge >= 0.3 is 0 Å². The van der Waals surface area contributed by atoms with E-state index in [0.717, 1.165) is 45.2 Å². The van der Waals surface area contributed by atoms with E-state index in [9.17, 15) is 4.79 Å². The van der Waals surface area contributed by atoms with Crippen LogP contribution < -0.4 is 10.1 Å². The summed E-state index contributed by atoms with van der Waals surface area (Å²) in [6.45, 7) is 3.21. The van der Waals surface area contributed by atoms with Crippen molar-refractivity contribution in [2.45, 2.75) is 24.3 Å². The lowest BCUT2D eigenvalue weighted by Crippen LogP contribution is -2.25. The second-order valence-electron chi connectivity index (χ2n) is 7.00. The molecule has 0 saturated carbocycles. The van der Waals surface area contributed by atoms with Crippen molar-refractivity contribution < 1.29 is 9.53 Å². The van der Waals surface area contributed by atoms with Crippen molar-refractivity contribution in [2.75, 3.05) is 13.2 Å². The molecule has 4 aromatic rings. The summed E-state index contributed by atoms with van der Waals surface area (Å²) in [7, 11) is 0. The molecule has 6 nitrogen and oxygen atoms in total. The van der Waals surface area contributed by atoms with Crippen LogP contribution in [0.1, 0.15) is 28.4 Å². The van der Waals surface area contributed by atoms with Gasteiger partial charge in [0, 0.05) is 24.1 Å². The Bertz CT molecular complexity index is 1110. The number of carbonyl (C=O) groups excluding carboxylic acids is 1. The molecule has 0 aliphatic carbocycles. The van der Waals surface area contributed by atoms with E-state index in [1.807, 2.05) is 61.5 Å². The van der Waals surface area contributed by atoms with Crippen LogP contribution in [0.15, 0.2) is 72.1 Å². The Hall–Kier alpha value is -3.32. The maximum atomic E-state index is 12.4. The van der Waals surface area contributed by atoms with Gasteiger partial charge in [0.05, 0.1) is 23.8 Å². The Balaban J connectivity index is 1.24. The monoisotopic (exact) mass is 432 g/mol. The molecule has 0 spiro atoms. The molecule has 4 rings (SSSR count). The highest BCUT2D eigenvalue weighted by molar-refractivity contribution is 7.98. The SMILES string of the molecule is CCOc1ccc(CCNC(=O)c2ccc(CSc3nc4ccncc4[nH]3)cc2)cc1. The molecule has 0 aliphatic rings. The van der Waals surface area contributed by atoms with Crippen molar-refractivity contribution >= 4 is 28.7 Å². The van der Waals surface area contributed by atoms with E-state index < -0.39 is 0 Å². The minimum absolute atomic E-state index is 0.0603. The van der Waals surface area contributed by atoms with Gasteiger partial charge < -0.3 is 15.0 Å². The van der Waals surface area contributed by atoms with Crippen LogP contribution in [0.25, 0.3) is 11.0 Å². The van der Waals surface area contributed by atoms with Crippen LogP contribution in [0.4, 0.5) is 0 Å². The first-order chi connectivity index (χ1) is 15.2. The Morgan fingerprint density at radius 2 is 1.84 bits per heavy atom. The first-order valence-electron chi connectivity index (χ1n) is 10.2. The van der Waals surface area contributed by atoms with Gasteiger partial charge in [-0.1, -0.05) is 36.0 Å². The predicted octanol–water partition coefficient (Wildman–Crippen LogP) is 4.62. The molecule has 1 amide bonds. The molecular formula is C24H24N4O2S. The zero-order valence-electron chi connectivity index (χ0n) is 17.3. The van der Waals surface area contributed by atoms with Crippen molar-refractivity contribution in [1.82, 2.24) is 20.3 Å². The zero-order chi connectivity index (χ0) is 21.5. The number of thioether (sulfide) groups is 1. The van der Waals surface area contributed by atoms with E-state index in [0.29, 0.717) is 18.7 Å². The van der Waals surface area contributed by atoms with Gasteiger partial charge in [0.2, 0.25) is 0 Å². The average Bonchev–Trinajstić information content (AvgIpc) is 3.22. The summed E-state index contributed by atoms with van der Waals surface area (Å²) in [4.78, 5) is 24.3. The quantitative estimate of drug-likeness (QED) is 0.377. The summed E-state index contributed by atoms with van der Waals surface area (Å²) in [6, 6.07) is 17.6. The van der Waals surface area contributed by atoms with E-state index in [2.05, 4.69) is 20.3 Å². The summed E-state index contributed by atoms with van der Waals surface area (Å²) >= 11 is 1.63. The molecule has 0 fully saturated rings. The Morgan fingerprint density at radius 1 is 1.06 bits per heavy atom. The van der Waals surface area contributed by atoms with Crippen molar-refractivity contribution in [1.29, 1.82) is 0 Å². The zero-order valence-corrected chi connectivity index (χ0v) is 18.1. The molecule has 31 heavy (non-hydrogen) atoms. The molecule has 0 radical (unpaired) electrons. The summed E-state index contributed by atoms with van der Waals surface area (Å²) in [5.74, 6) is 1.58. The predicted molar refractivity (Wildman–Crippen MR) is 124 cm³/mol. The Kier molecular flexibility index (Phi) is 6.84. The van der Waals surface area contributed by atoms with Crippen LogP contribution in [0.2, 0.25) is 0 Å². The summed E-state index contributed by atoms with van der Waals surface area (Å²) in [5, 5.41) is 3.84. The topological polar surface area (TPSA) is 79.9 Å². The van der Waals surface area contributed by atoms with Crippen LogP contribution in [0.3, 0.4) is 0 Å². The molecule has 2 aromatic carbocycles. The lowest BCUT2D eigenvalue weighted by atomic mass is 10.1. The van der Waals surface area contributed by atoms with Gasteiger partial charge in [-0.05, 0) is 54.8 Å². The largest absolute Gasteiger partial charge is 0.494 e. The normalized spacial score (nSPS) is 10.9. The van der Waals surface area contributed by atoms with E-state index in [1.165, 1.54) is 0 Å². The number of aromatic nitrogens is 3. The third-order valence-corrected chi connectivity index (χ3v) is 5.73. The van der Waals surface area contributed by atoms with Gasteiger partial charge in [0.25, 0.3) is 5.91 Å². The number of hydrogen-bond acceptors (Lipinski definition) is 5. The Labute approximate surface area is 185 Å². The maximum absolute atomic E-state index is 12.4. The standard InChI is InChI=1S/C24H24N4O2S/c1-2-30-20-9-5-17(6-10-20)11-14-26-23(29)19-7-3-18(4-8-19)16-31-24-27-21-12-13-25-15-22(21)28-24/h3-10,12-13,15H,2,11,14,16H2,1H3,(H,26,29)(H,27,28). The van der Waals surface area contributed by atoms with Gasteiger partial charge in [-0.3, -0.25) is 9.78 Å². The molecule has 0 atom stereocenters. The summed E-state index contributed by atoms with van der Waals surface area (Å²) in [5.41, 5.74) is 4.80. The number of carbonyl (C=O) groups is 1. The highest BCUT2D eigenvalue weighted by Gasteiger charge is 2.07. The maximum Gasteiger partial charge on any atom is 0.251 e. The van der Waals surface area contributed by atoms with Crippen LogP contribution >= 0.6 is 11.8 Å². The average molecular weight is 433 g/mol. The van der Waals surface area contributed by atoms with Gasteiger partial charge in [-0.15, -0.1) is 0 Å². The first kappa shape index (κ1) is 20.9. The highest BCUT2D eigenvalue weighted by Crippen LogP contribution is 2.22. The van der Waals surface area contributed by atoms with Crippen molar-refractivity contribution in [2.24, 2.45) is 0 Å². The summed E-state index contributed by atoms with van der Waals surface area (Å²) < 4.78 is 5.45. The molecule has 0 saturated heterocycles. The number of imidazole rings is 1. The second-order valence-corrected chi connectivity index (χ2v) is 7.97. The van der Waals surface area contributed by atoms with Crippen molar-refractivity contribution in [3.63, 3.8) is 0 Å². The number of pyridine rings is 1. The van der Waals surface area contributed by atoms with Crippen molar-refractivity contribution in [3.8, 4) is 5.75 Å². The second kappa shape index (κ2) is 10.1. The van der Waals surface area contributed by atoms with E-state index in [-0.39, 0.29) is 5.91 Å². The van der Waals surface area contributed by atoms with Crippen LogP contribution in [-0.4, -0.2) is 34.0 Å². The smallest absolute Gasteiger partial charge is 0.251 e. The molecule has 0 unspecified atom stereocenters. The molecule has 0 bridgehead atoms. The van der Waals surface area contributed by atoms with Gasteiger partial charge in [-0.25, -0.2) is 4.98 Å². The molecule has 2 heterocycles. The van der Waals surface area contributed by atoms with Crippen LogP contribution in [0.5, 0.6) is 5.75 Å². The van der Waals surface area contributed by atoms with Gasteiger partial charge in [0.15, 0.2) is 5.16 Å². The molecule has 158 valence electrons. The third kappa shape index (κ3) is 5.64. The third-order valence-electron chi connectivity index (χ3n) is 4.79. The number of nitrogens with zero attached hydrogens (tertiary/aromatic N) is 2. The van der Waals surface area contributed by atoms with E-state index in [4.69, 9.17) is 4.74 Å². The number of aromatic amines is 1. The number of nitrogens with one attached hydrogen (secondary N) is 2. The number of ether oxygens (including phenoxy) is 1. The number of hydrogen-bond donors (Lipinski definition) is 2. The minimum Gasteiger partial charge on any atom is -0.494 e. The van der Waals surface area contributed by atoms with Crippen molar-refractivity contribution in [3.05, 3.63) is 83.7 Å². The highest BCUT2D eigenvalue weighted by atomic mass is 32.2. The molecule has 7 heteroatoms. The molecular weight excluding hydrogens is 408 g/mol.